The van der Waals surface area contributed by atoms with Crippen LogP contribution in [0.25, 0.3) is 22.5 Å². The topological polar surface area (TPSA) is 117 Å². The van der Waals surface area contributed by atoms with Gasteiger partial charge in [0.2, 0.25) is 5.82 Å². The fraction of sp³-hybridized carbons (Fsp3) is 0.174. The number of amidine groups is 1. The number of tetrazole rings is 1. The Hall–Kier alpha value is -4.31. The molecular formula is C23H22N7O3+. The van der Waals surface area contributed by atoms with Gasteiger partial charge < -0.3 is 9.84 Å². The van der Waals surface area contributed by atoms with Gasteiger partial charge in [-0.05, 0) is 22.8 Å². The lowest BCUT2D eigenvalue weighted by Gasteiger charge is -2.37. The molecule has 2 aliphatic heterocycles. The highest BCUT2D eigenvalue weighted by Gasteiger charge is 2.52. The molecule has 33 heavy (non-hydrogen) atoms. The van der Waals surface area contributed by atoms with Crippen LogP contribution >= 0.6 is 0 Å². The van der Waals surface area contributed by atoms with Crippen LogP contribution in [0.1, 0.15) is 18.9 Å². The van der Waals surface area contributed by atoms with E-state index in [9.17, 15) is 9.90 Å². The van der Waals surface area contributed by atoms with Gasteiger partial charge in [0.15, 0.2) is 0 Å². The zero-order valence-corrected chi connectivity index (χ0v) is 17.9. The third-order valence-electron chi connectivity index (χ3n) is 5.72. The Morgan fingerprint density at radius 1 is 1.15 bits per heavy atom. The van der Waals surface area contributed by atoms with Crippen molar-refractivity contribution in [2.75, 3.05) is 6.54 Å². The molecule has 0 saturated heterocycles. The fourth-order valence-corrected chi connectivity index (χ4v) is 4.29. The van der Waals surface area contributed by atoms with Crippen molar-refractivity contribution in [1.29, 1.82) is 0 Å². The van der Waals surface area contributed by atoms with Crippen LogP contribution in [0, 0.1) is 0 Å². The van der Waals surface area contributed by atoms with Crippen molar-refractivity contribution < 1.29 is 19.2 Å². The molecule has 0 spiro atoms. The van der Waals surface area contributed by atoms with E-state index in [-0.39, 0.29) is 10.5 Å². The Labute approximate surface area is 189 Å². The van der Waals surface area contributed by atoms with Gasteiger partial charge in [0.1, 0.15) is 12.7 Å². The lowest BCUT2D eigenvalue weighted by atomic mass is 9.98. The summed E-state index contributed by atoms with van der Waals surface area (Å²) in [5.41, 5.74) is 3.89. The number of quaternary nitrogens is 1. The standard InChI is InChI=1S/C23H21N7O3/c1-2-12-29-13-11-20-24-14-21(33-23(31)32)30(20,29)15-16-7-9-17(10-8-16)18-5-3-4-6-19(18)22-25-27-28-26-22/h3-11,13-14H,2,12,15H2,1H3,(H-,25,26,27,28,31,32)/p+1. The summed E-state index contributed by atoms with van der Waals surface area (Å²) in [7, 11) is 0. The summed E-state index contributed by atoms with van der Waals surface area (Å²) in [6, 6.07) is 16.0. The van der Waals surface area contributed by atoms with Crippen LogP contribution in [0.2, 0.25) is 0 Å². The molecule has 0 bridgehead atoms. The molecule has 5 rings (SSSR count). The smallest absolute Gasteiger partial charge is 0.449 e. The first-order valence-corrected chi connectivity index (χ1v) is 10.6. The average Bonchev–Trinajstić information content (AvgIpc) is 3.54. The molecule has 10 nitrogen and oxygen atoms in total. The molecule has 2 aliphatic rings. The molecule has 10 heteroatoms. The molecule has 1 unspecified atom stereocenters. The third kappa shape index (κ3) is 3.56. The first-order chi connectivity index (χ1) is 16.1. The van der Waals surface area contributed by atoms with Crippen molar-refractivity contribution in [3.63, 3.8) is 0 Å². The SMILES string of the molecule is CCCN1C=CC2=NC=C(OC(=O)O)[N+]21Cc1ccc(-c2ccccc2-c2nn[nH]n2)cc1. The van der Waals surface area contributed by atoms with Crippen molar-refractivity contribution in [2.45, 2.75) is 19.9 Å². The normalized spacial score (nSPS) is 18.8. The Kier molecular flexibility index (Phi) is 5.19. The molecule has 3 aromatic rings. The number of aromatic nitrogens is 4. The highest BCUT2D eigenvalue weighted by Crippen LogP contribution is 2.37. The maximum Gasteiger partial charge on any atom is 0.515 e. The maximum absolute atomic E-state index is 11.4. The Morgan fingerprint density at radius 2 is 1.94 bits per heavy atom. The first kappa shape index (κ1) is 20.6. The van der Waals surface area contributed by atoms with Crippen LogP contribution in [-0.4, -0.2) is 53.9 Å². The van der Waals surface area contributed by atoms with Gasteiger partial charge in [0, 0.05) is 17.2 Å². The van der Waals surface area contributed by atoms with Crippen LogP contribution in [0.4, 0.5) is 4.79 Å². The largest absolute Gasteiger partial charge is 0.515 e. The van der Waals surface area contributed by atoms with Crippen molar-refractivity contribution in [1.82, 2.24) is 25.6 Å². The van der Waals surface area contributed by atoms with E-state index in [0.29, 0.717) is 12.4 Å². The first-order valence-electron chi connectivity index (χ1n) is 10.6. The number of ether oxygens (including phenoxy) is 1. The van der Waals surface area contributed by atoms with Crippen LogP contribution < -0.4 is 0 Å². The van der Waals surface area contributed by atoms with Gasteiger partial charge in [-0.3, -0.25) is 0 Å². The minimum absolute atomic E-state index is 0.0962. The quantitative estimate of drug-likeness (QED) is 0.419. The molecule has 2 N–H and O–H groups in total. The highest BCUT2D eigenvalue weighted by atomic mass is 16.7. The molecule has 0 saturated carbocycles. The molecule has 1 aromatic heterocycles. The minimum Gasteiger partial charge on any atom is -0.449 e. The Balaban J connectivity index is 1.47. The number of carbonyl (C=O) groups is 1. The number of H-pyrrole nitrogens is 1. The summed E-state index contributed by atoms with van der Waals surface area (Å²) >= 11 is 0. The highest BCUT2D eigenvalue weighted by molar-refractivity contribution is 5.91. The van der Waals surface area contributed by atoms with Gasteiger partial charge in [-0.25, -0.2) is 9.80 Å². The number of carboxylic acid groups (broad SMARTS) is 1. The number of fused-ring (bicyclic) bond motifs is 1. The summed E-state index contributed by atoms with van der Waals surface area (Å²) in [5, 5.41) is 25.7. The fourth-order valence-electron chi connectivity index (χ4n) is 4.29. The Bertz CT molecular complexity index is 1270. The monoisotopic (exact) mass is 444 g/mol. The van der Waals surface area contributed by atoms with Crippen LogP contribution in [-0.2, 0) is 11.3 Å². The predicted octanol–water partition coefficient (Wildman–Crippen LogP) is 3.91. The number of aliphatic imine (C=N–C) groups is 1. The van der Waals surface area contributed by atoms with Crippen molar-refractivity contribution in [3.8, 4) is 22.5 Å². The Morgan fingerprint density at radius 3 is 2.64 bits per heavy atom. The number of nitrogens with zero attached hydrogens (tertiary/aromatic N) is 6. The van der Waals surface area contributed by atoms with E-state index in [4.69, 9.17) is 4.74 Å². The molecule has 166 valence electrons. The van der Waals surface area contributed by atoms with Crippen LogP contribution in [0.15, 0.2) is 77.9 Å². The molecule has 2 aromatic carbocycles. The predicted molar refractivity (Wildman–Crippen MR) is 120 cm³/mol. The summed E-state index contributed by atoms with van der Waals surface area (Å²) < 4.78 is 5.25. The van der Waals surface area contributed by atoms with Gasteiger partial charge >= 0.3 is 12.0 Å². The number of hydrogen-bond donors (Lipinski definition) is 2. The zero-order chi connectivity index (χ0) is 22.8. The summed E-state index contributed by atoms with van der Waals surface area (Å²) in [6.07, 6.45) is 4.87. The maximum atomic E-state index is 11.4. The van der Waals surface area contributed by atoms with Gasteiger partial charge in [-0.1, -0.05) is 55.5 Å². The van der Waals surface area contributed by atoms with E-state index in [0.717, 1.165) is 41.1 Å². The number of benzene rings is 2. The van der Waals surface area contributed by atoms with Crippen molar-refractivity contribution in [3.05, 3.63) is 78.5 Å². The molecule has 3 heterocycles. The van der Waals surface area contributed by atoms with E-state index in [1.165, 1.54) is 6.20 Å². The van der Waals surface area contributed by atoms with E-state index < -0.39 is 6.16 Å². The number of nitrogens with one attached hydrogen (secondary N) is 1. The molecular weight excluding hydrogens is 422 g/mol. The van der Waals surface area contributed by atoms with Crippen molar-refractivity contribution >= 4 is 12.0 Å². The van der Waals surface area contributed by atoms with Gasteiger partial charge in [-0.15, -0.1) is 14.8 Å². The summed E-state index contributed by atoms with van der Waals surface area (Å²) in [6.45, 7) is 3.27. The van der Waals surface area contributed by atoms with Gasteiger partial charge in [-0.2, -0.15) is 10.2 Å². The van der Waals surface area contributed by atoms with Crippen LogP contribution in [0.5, 0.6) is 0 Å². The second-order valence-corrected chi connectivity index (χ2v) is 7.71. The van der Waals surface area contributed by atoms with E-state index in [1.807, 2.05) is 60.8 Å². The van der Waals surface area contributed by atoms with Gasteiger partial charge in [0.05, 0.1) is 12.7 Å². The lowest BCUT2D eigenvalue weighted by Crippen LogP contribution is -2.56. The van der Waals surface area contributed by atoms with E-state index >= 15 is 0 Å². The zero-order valence-electron chi connectivity index (χ0n) is 17.9. The average molecular weight is 444 g/mol. The summed E-state index contributed by atoms with van der Waals surface area (Å²) in [5.74, 6) is 1.53. The number of aromatic amines is 1. The number of rotatable bonds is 7. The minimum atomic E-state index is -1.35. The third-order valence-corrected chi connectivity index (χ3v) is 5.72. The molecule has 0 fully saturated rings. The molecule has 0 amide bonds. The second-order valence-electron chi connectivity index (χ2n) is 7.71. The van der Waals surface area contributed by atoms with Crippen molar-refractivity contribution in [2.24, 2.45) is 4.99 Å². The van der Waals surface area contributed by atoms with E-state index in [1.54, 1.807) is 0 Å². The van der Waals surface area contributed by atoms with Crippen LogP contribution in [0.3, 0.4) is 0 Å². The second kappa shape index (κ2) is 8.32. The van der Waals surface area contributed by atoms with Gasteiger partial charge in [0.25, 0.3) is 5.84 Å². The molecule has 0 aliphatic carbocycles. The van der Waals surface area contributed by atoms with E-state index in [2.05, 4.69) is 37.5 Å². The lowest BCUT2D eigenvalue weighted by molar-refractivity contribution is -0.934. The molecule has 0 radical (unpaired) electrons. The summed E-state index contributed by atoms with van der Waals surface area (Å²) in [4.78, 5) is 15.8. The number of hydrogen-bond acceptors (Lipinski definition) is 7. The molecule has 1 atom stereocenters.